The van der Waals surface area contributed by atoms with Crippen LogP contribution in [0.4, 0.5) is 0 Å². The third-order valence-electron chi connectivity index (χ3n) is 2.87. The van der Waals surface area contributed by atoms with Crippen LogP contribution in [0.5, 0.6) is 0 Å². The molecule has 17 heavy (non-hydrogen) atoms. The fraction of sp³-hybridized carbons (Fsp3) is 0.846. The molecule has 0 aromatic heterocycles. The second kappa shape index (κ2) is 9.02. The third-order valence-corrected chi connectivity index (χ3v) is 2.87. The van der Waals surface area contributed by atoms with Gasteiger partial charge in [0.15, 0.2) is 0 Å². The van der Waals surface area contributed by atoms with Gasteiger partial charge in [0.1, 0.15) is 13.2 Å². The zero-order chi connectivity index (χ0) is 12.3. The lowest BCUT2D eigenvalue weighted by Gasteiger charge is -2.05. The Morgan fingerprint density at radius 2 is 0.941 bits per heavy atom. The highest BCUT2D eigenvalue weighted by Gasteiger charge is 2.06. The predicted octanol–water partition coefficient (Wildman–Crippen LogP) is 2.60. The van der Waals surface area contributed by atoms with E-state index in [0.717, 1.165) is 38.5 Å². The molecule has 0 atom stereocenters. The van der Waals surface area contributed by atoms with E-state index >= 15 is 0 Å². The van der Waals surface area contributed by atoms with Crippen molar-refractivity contribution in [2.75, 3.05) is 13.2 Å². The summed E-state index contributed by atoms with van der Waals surface area (Å²) in [5, 5.41) is 0. The van der Waals surface area contributed by atoms with Crippen LogP contribution in [0.25, 0.3) is 0 Å². The molecule has 1 saturated heterocycles. The maximum absolute atomic E-state index is 11.2. The maximum atomic E-state index is 11.2. The van der Waals surface area contributed by atoms with Crippen LogP contribution in [0, 0.1) is 0 Å². The summed E-state index contributed by atoms with van der Waals surface area (Å²) >= 11 is 0. The van der Waals surface area contributed by atoms with E-state index in [2.05, 4.69) is 0 Å². The lowest BCUT2D eigenvalue weighted by atomic mass is 10.1. The summed E-state index contributed by atoms with van der Waals surface area (Å²) in [5.74, 6) is -0.369. The molecule has 0 spiro atoms. The number of carbonyl (C=O) groups excluding carboxylic acids is 2. The highest BCUT2D eigenvalue weighted by Crippen LogP contribution is 2.10. The molecule has 1 rings (SSSR count). The van der Waals surface area contributed by atoms with Crippen LogP contribution in [0.1, 0.15) is 57.8 Å². The van der Waals surface area contributed by atoms with Crippen molar-refractivity contribution in [1.29, 1.82) is 0 Å². The standard InChI is InChI=1S/C13H22O4/c14-12-8-6-4-2-1-3-5-7-9-13(15)17-11-10-16-12/h1-11H2. The zero-order valence-corrected chi connectivity index (χ0v) is 10.4. The summed E-state index contributed by atoms with van der Waals surface area (Å²) in [4.78, 5) is 22.5. The van der Waals surface area contributed by atoms with Crippen LogP contribution in [0.3, 0.4) is 0 Å². The van der Waals surface area contributed by atoms with E-state index in [1.807, 2.05) is 0 Å². The second-order valence-electron chi connectivity index (χ2n) is 4.42. The Morgan fingerprint density at radius 1 is 0.588 bits per heavy atom. The summed E-state index contributed by atoms with van der Waals surface area (Å²) in [7, 11) is 0. The molecule has 1 aliphatic heterocycles. The van der Waals surface area contributed by atoms with Crippen molar-refractivity contribution in [2.24, 2.45) is 0 Å². The number of esters is 2. The van der Waals surface area contributed by atoms with Gasteiger partial charge < -0.3 is 9.47 Å². The molecule has 0 unspecified atom stereocenters. The lowest BCUT2D eigenvalue weighted by Crippen LogP contribution is -2.13. The normalized spacial score (nSPS) is 21.9. The molecule has 4 nitrogen and oxygen atoms in total. The SMILES string of the molecule is O=C1CCCCCCCCCC(=O)OCCO1. The Morgan fingerprint density at radius 3 is 1.35 bits per heavy atom. The highest BCUT2D eigenvalue weighted by molar-refractivity contribution is 5.70. The van der Waals surface area contributed by atoms with E-state index in [9.17, 15) is 9.59 Å². The summed E-state index contributed by atoms with van der Waals surface area (Å²) in [5.41, 5.74) is 0. The Labute approximate surface area is 103 Å². The van der Waals surface area contributed by atoms with Gasteiger partial charge >= 0.3 is 11.9 Å². The number of rotatable bonds is 0. The van der Waals surface area contributed by atoms with E-state index in [0.29, 0.717) is 12.8 Å². The van der Waals surface area contributed by atoms with Crippen LogP contribution in [-0.2, 0) is 19.1 Å². The van der Waals surface area contributed by atoms with Crippen molar-refractivity contribution in [2.45, 2.75) is 57.8 Å². The maximum Gasteiger partial charge on any atom is 0.305 e. The molecule has 98 valence electrons. The molecule has 0 bridgehead atoms. The van der Waals surface area contributed by atoms with Gasteiger partial charge in [-0.05, 0) is 12.8 Å². The number of hydrogen-bond acceptors (Lipinski definition) is 4. The average Bonchev–Trinajstić information content (AvgIpc) is 2.32. The predicted molar refractivity (Wildman–Crippen MR) is 63.5 cm³/mol. The molecular weight excluding hydrogens is 220 g/mol. The van der Waals surface area contributed by atoms with Crippen LogP contribution in [0.2, 0.25) is 0 Å². The molecule has 0 radical (unpaired) electrons. The van der Waals surface area contributed by atoms with Gasteiger partial charge in [-0.1, -0.05) is 32.1 Å². The van der Waals surface area contributed by atoms with Crippen LogP contribution in [0.15, 0.2) is 0 Å². The fourth-order valence-electron chi connectivity index (χ4n) is 1.88. The first-order valence-corrected chi connectivity index (χ1v) is 6.60. The van der Waals surface area contributed by atoms with E-state index in [1.165, 1.54) is 6.42 Å². The first kappa shape index (κ1) is 14.0. The summed E-state index contributed by atoms with van der Waals surface area (Å²) < 4.78 is 9.90. The van der Waals surface area contributed by atoms with Crippen molar-refractivity contribution >= 4 is 11.9 Å². The van der Waals surface area contributed by atoms with Crippen molar-refractivity contribution in [3.8, 4) is 0 Å². The van der Waals surface area contributed by atoms with E-state index in [-0.39, 0.29) is 25.2 Å². The largest absolute Gasteiger partial charge is 0.462 e. The zero-order valence-electron chi connectivity index (χ0n) is 10.4. The molecule has 0 aliphatic carbocycles. The number of cyclic esters (lactones) is 2. The molecule has 0 aromatic rings. The summed E-state index contributed by atoms with van der Waals surface area (Å²) in [6.45, 7) is 0.370. The minimum atomic E-state index is -0.184. The second-order valence-corrected chi connectivity index (χ2v) is 4.42. The van der Waals surface area contributed by atoms with Crippen LogP contribution < -0.4 is 0 Å². The molecule has 1 aliphatic rings. The third kappa shape index (κ3) is 7.77. The van der Waals surface area contributed by atoms with Gasteiger partial charge in [0, 0.05) is 12.8 Å². The van der Waals surface area contributed by atoms with E-state index in [4.69, 9.17) is 9.47 Å². The van der Waals surface area contributed by atoms with Gasteiger partial charge in [0.2, 0.25) is 0 Å². The lowest BCUT2D eigenvalue weighted by molar-refractivity contribution is -0.152. The molecule has 1 heterocycles. The Hall–Kier alpha value is -1.06. The van der Waals surface area contributed by atoms with Gasteiger partial charge in [-0.3, -0.25) is 9.59 Å². The number of hydrogen-bond donors (Lipinski definition) is 0. The smallest absolute Gasteiger partial charge is 0.305 e. The number of ether oxygens (including phenoxy) is 2. The minimum absolute atomic E-state index is 0.184. The molecule has 0 saturated carbocycles. The van der Waals surface area contributed by atoms with Gasteiger partial charge in [0.25, 0.3) is 0 Å². The van der Waals surface area contributed by atoms with Crippen molar-refractivity contribution in [3.05, 3.63) is 0 Å². The van der Waals surface area contributed by atoms with Gasteiger partial charge in [-0.15, -0.1) is 0 Å². The molecule has 0 aromatic carbocycles. The van der Waals surface area contributed by atoms with Crippen molar-refractivity contribution < 1.29 is 19.1 Å². The first-order chi connectivity index (χ1) is 8.29. The van der Waals surface area contributed by atoms with Gasteiger partial charge in [0.05, 0.1) is 0 Å². The van der Waals surface area contributed by atoms with Crippen molar-refractivity contribution in [1.82, 2.24) is 0 Å². The summed E-state index contributed by atoms with van der Waals surface area (Å²) in [6, 6.07) is 0. The average molecular weight is 242 g/mol. The van der Waals surface area contributed by atoms with E-state index < -0.39 is 0 Å². The van der Waals surface area contributed by atoms with Gasteiger partial charge in [-0.25, -0.2) is 0 Å². The molecule has 1 fully saturated rings. The molecule has 0 amide bonds. The topological polar surface area (TPSA) is 52.6 Å². The fourth-order valence-corrected chi connectivity index (χ4v) is 1.88. The first-order valence-electron chi connectivity index (χ1n) is 6.60. The van der Waals surface area contributed by atoms with Crippen molar-refractivity contribution in [3.63, 3.8) is 0 Å². The minimum Gasteiger partial charge on any atom is -0.462 e. The Balaban J connectivity index is 2.24. The number of carbonyl (C=O) groups is 2. The highest BCUT2D eigenvalue weighted by atomic mass is 16.6. The van der Waals surface area contributed by atoms with Crippen LogP contribution >= 0.6 is 0 Å². The summed E-state index contributed by atoms with van der Waals surface area (Å²) in [6.07, 6.45) is 8.45. The molecular formula is C13H22O4. The molecule has 0 N–H and O–H groups in total. The Bertz CT molecular complexity index is 214. The monoisotopic (exact) mass is 242 g/mol. The van der Waals surface area contributed by atoms with Crippen LogP contribution in [-0.4, -0.2) is 25.2 Å². The van der Waals surface area contributed by atoms with E-state index in [1.54, 1.807) is 0 Å². The molecule has 4 heteroatoms. The Kier molecular flexibility index (Phi) is 7.43. The van der Waals surface area contributed by atoms with Gasteiger partial charge in [-0.2, -0.15) is 0 Å². The quantitative estimate of drug-likeness (QED) is 0.613.